The lowest BCUT2D eigenvalue weighted by Gasteiger charge is -2.19. The van der Waals surface area contributed by atoms with Crippen LogP contribution in [0.15, 0.2) is 10.6 Å². The molecule has 7 heteroatoms. The topological polar surface area (TPSA) is 95.7 Å². The second kappa shape index (κ2) is 6.60. The predicted octanol–water partition coefficient (Wildman–Crippen LogP) is 1.94. The van der Waals surface area contributed by atoms with E-state index in [9.17, 15) is 9.59 Å². The molecule has 0 aromatic carbocycles. The Morgan fingerprint density at radius 1 is 1.62 bits per heavy atom. The molecule has 0 aliphatic carbocycles. The first kappa shape index (κ1) is 15.3. The number of carboxylic acids is 1. The number of likely N-dealkylation sites (tertiary alicyclic amines) is 1. The predicted molar refractivity (Wildman–Crippen MR) is 74.7 cm³/mol. The van der Waals surface area contributed by atoms with Gasteiger partial charge in [-0.2, -0.15) is 0 Å². The number of nitrogens with zero attached hydrogens (tertiary/aromatic N) is 2. The molecule has 1 fully saturated rings. The number of aromatic nitrogens is 1. The van der Waals surface area contributed by atoms with Crippen molar-refractivity contribution in [3.05, 3.63) is 17.8 Å². The smallest absolute Gasteiger partial charge is 0.318 e. The molecular formula is C14H21N3O4. The van der Waals surface area contributed by atoms with Gasteiger partial charge >= 0.3 is 12.0 Å². The van der Waals surface area contributed by atoms with E-state index in [1.54, 1.807) is 18.0 Å². The van der Waals surface area contributed by atoms with Crippen LogP contribution in [0.1, 0.15) is 43.9 Å². The van der Waals surface area contributed by atoms with Crippen molar-refractivity contribution in [2.24, 2.45) is 5.92 Å². The Morgan fingerprint density at radius 2 is 2.38 bits per heavy atom. The van der Waals surface area contributed by atoms with E-state index < -0.39 is 5.97 Å². The van der Waals surface area contributed by atoms with Gasteiger partial charge in [0, 0.05) is 19.5 Å². The van der Waals surface area contributed by atoms with Crippen molar-refractivity contribution in [3.63, 3.8) is 0 Å². The highest BCUT2D eigenvalue weighted by Gasteiger charge is 2.27. The van der Waals surface area contributed by atoms with Gasteiger partial charge in [0.1, 0.15) is 11.8 Å². The molecule has 2 atom stereocenters. The molecule has 2 unspecified atom stereocenters. The summed E-state index contributed by atoms with van der Waals surface area (Å²) in [7, 11) is 0. The summed E-state index contributed by atoms with van der Waals surface area (Å²) in [6.45, 7) is 4.89. The Hall–Kier alpha value is -2.05. The summed E-state index contributed by atoms with van der Waals surface area (Å²) in [5, 5.41) is 11.5. The van der Waals surface area contributed by atoms with Crippen molar-refractivity contribution < 1.29 is 19.1 Å². The van der Waals surface area contributed by atoms with Gasteiger partial charge in [0.2, 0.25) is 5.89 Å². The zero-order chi connectivity index (χ0) is 15.4. The number of aliphatic carboxylic acids is 1. The molecule has 0 saturated carbocycles. The van der Waals surface area contributed by atoms with E-state index >= 15 is 0 Å². The van der Waals surface area contributed by atoms with E-state index in [0.29, 0.717) is 31.2 Å². The Balaban J connectivity index is 1.80. The number of oxazole rings is 1. The lowest BCUT2D eigenvalue weighted by molar-refractivity contribution is -0.137. The average molecular weight is 295 g/mol. The van der Waals surface area contributed by atoms with Gasteiger partial charge in [0.05, 0.1) is 6.20 Å². The van der Waals surface area contributed by atoms with Crippen molar-refractivity contribution in [2.75, 3.05) is 13.1 Å². The highest BCUT2D eigenvalue weighted by Crippen LogP contribution is 2.21. The Kier molecular flexibility index (Phi) is 4.82. The second-order valence-corrected chi connectivity index (χ2v) is 5.51. The maximum Gasteiger partial charge on any atom is 0.318 e. The summed E-state index contributed by atoms with van der Waals surface area (Å²) in [4.78, 5) is 28.5. The number of rotatable bonds is 5. The minimum absolute atomic E-state index is 0.156. The number of nitrogens with one attached hydrogen (secondary N) is 1. The molecule has 7 nitrogen and oxygen atoms in total. The van der Waals surface area contributed by atoms with Crippen LogP contribution in [-0.4, -0.2) is 40.1 Å². The van der Waals surface area contributed by atoms with Gasteiger partial charge in [0.15, 0.2) is 0 Å². The van der Waals surface area contributed by atoms with Crippen molar-refractivity contribution in [2.45, 2.75) is 39.2 Å². The van der Waals surface area contributed by atoms with Crippen LogP contribution in [0.5, 0.6) is 0 Å². The summed E-state index contributed by atoms with van der Waals surface area (Å²) >= 11 is 0. The van der Waals surface area contributed by atoms with E-state index in [1.165, 1.54) is 0 Å². The zero-order valence-corrected chi connectivity index (χ0v) is 12.3. The van der Waals surface area contributed by atoms with Gasteiger partial charge in [-0.3, -0.25) is 4.79 Å². The molecule has 1 aliphatic heterocycles. The maximum absolute atomic E-state index is 12.1. The molecule has 2 rings (SSSR count). The van der Waals surface area contributed by atoms with Crippen molar-refractivity contribution in [1.82, 2.24) is 15.2 Å². The van der Waals surface area contributed by atoms with Gasteiger partial charge in [-0.05, 0) is 32.6 Å². The number of urea groups is 1. The third-order valence-electron chi connectivity index (χ3n) is 3.69. The first-order chi connectivity index (χ1) is 9.95. The number of carbonyl (C=O) groups is 2. The van der Waals surface area contributed by atoms with Crippen molar-refractivity contribution >= 4 is 12.0 Å². The van der Waals surface area contributed by atoms with Gasteiger partial charge in [0.25, 0.3) is 0 Å². The van der Waals surface area contributed by atoms with E-state index in [0.717, 1.165) is 6.42 Å². The third-order valence-corrected chi connectivity index (χ3v) is 3.69. The lowest BCUT2D eigenvalue weighted by Crippen LogP contribution is -2.39. The molecule has 1 aromatic rings. The Bertz CT molecular complexity index is 514. The molecule has 116 valence electrons. The molecule has 1 saturated heterocycles. The SMILES string of the molecule is Cc1cnc(C(C)NC(=O)N2CCC(CCC(=O)O)C2)o1. The Morgan fingerprint density at radius 3 is 3.00 bits per heavy atom. The van der Waals surface area contributed by atoms with Gasteiger partial charge in [-0.25, -0.2) is 9.78 Å². The molecule has 1 aromatic heterocycles. The molecule has 21 heavy (non-hydrogen) atoms. The normalized spacial score (nSPS) is 19.5. The number of carboxylic acid groups (broad SMARTS) is 1. The number of hydrogen-bond acceptors (Lipinski definition) is 4. The van der Waals surface area contributed by atoms with E-state index in [1.807, 2.05) is 6.92 Å². The van der Waals surface area contributed by atoms with Crippen LogP contribution < -0.4 is 5.32 Å². The van der Waals surface area contributed by atoms with Crippen LogP contribution in [0.2, 0.25) is 0 Å². The maximum atomic E-state index is 12.1. The number of carbonyl (C=O) groups excluding carboxylic acids is 1. The number of aryl methyl sites for hydroxylation is 1. The van der Waals surface area contributed by atoms with Crippen LogP contribution in [0.3, 0.4) is 0 Å². The van der Waals surface area contributed by atoms with Gasteiger partial charge in [-0.1, -0.05) is 0 Å². The molecule has 0 spiro atoms. The molecule has 1 aliphatic rings. The monoisotopic (exact) mass is 295 g/mol. The minimum atomic E-state index is -0.786. The summed E-state index contributed by atoms with van der Waals surface area (Å²) in [6.07, 6.45) is 3.25. The summed E-state index contributed by atoms with van der Waals surface area (Å²) < 4.78 is 5.39. The van der Waals surface area contributed by atoms with Crippen LogP contribution in [0.4, 0.5) is 4.79 Å². The minimum Gasteiger partial charge on any atom is -0.481 e. The van der Waals surface area contributed by atoms with Crippen LogP contribution in [0, 0.1) is 12.8 Å². The number of amides is 2. The highest BCUT2D eigenvalue weighted by molar-refractivity contribution is 5.74. The van der Waals surface area contributed by atoms with E-state index in [-0.39, 0.29) is 24.4 Å². The van der Waals surface area contributed by atoms with Gasteiger partial charge in [-0.15, -0.1) is 0 Å². The second-order valence-electron chi connectivity index (χ2n) is 5.51. The first-order valence-corrected chi connectivity index (χ1v) is 7.15. The molecular weight excluding hydrogens is 274 g/mol. The summed E-state index contributed by atoms with van der Waals surface area (Å²) in [5.41, 5.74) is 0. The molecule has 2 heterocycles. The molecule has 0 radical (unpaired) electrons. The average Bonchev–Trinajstić information content (AvgIpc) is 3.05. The van der Waals surface area contributed by atoms with Crippen molar-refractivity contribution in [3.8, 4) is 0 Å². The van der Waals surface area contributed by atoms with Crippen LogP contribution in [0.25, 0.3) is 0 Å². The van der Waals surface area contributed by atoms with Crippen LogP contribution in [-0.2, 0) is 4.79 Å². The summed E-state index contributed by atoms with van der Waals surface area (Å²) in [6, 6.07) is -0.444. The van der Waals surface area contributed by atoms with Crippen molar-refractivity contribution in [1.29, 1.82) is 0 Å². The zero-order valence-electron chi connectivity index (χ0n) is 12.3. The third kappa shape index (κ3) is 4.21. The fraction of sp³-hybridized carbons (Fsp3) is 0.643. The molecule has 0 bridgehead atoms. The van der Waals surface area contributed by atoms with E-state index in [2.05, 4.69) is 10.3 Å². The highest BCUT2D eigenvalue weighted by atomic mass is 16.4. The molecule has 2 amide bonds. The standard InChI is InChI=1S/C14H21N3O4/c1-9-7-15-13(21-9)10(2)16-14(20)17-6-5-11(8-17)3-4-12(18)19/h7,10-11H,3-6,8H2,1-2H3,(H,16,20)(H,18,19). The molecule has 2 N–H and O–H groups in total. The summed E-state index contributed by atoms with van der Waals surface area (Å²) in [5.74, 6) is 0.681. The Labute approximate surface area is 123 Å². The fourth-order valence-electron chi connectivity index (χ4n) is 2.49. The fourth-order valence-corrected chi connectivity index (χ4v) is 2.49. The lowest BCUT2D eigenvalue weighted by atomic mass is 10.0. The quantitative estimate of drug-likeness (QED) is 0.865. The number of hydrogen-bond donors (Lipinski definition) is 2. The first-order valence-electron chi connectivity index (χ1n) is 7.15. The van der Waals surface area contributed by atoms with Crippen LogP contribution >= 0.6 is 0 Å². The largest absolute Gasteiger partial charge is 0.481 e. The van der Waals surface area contributed by atoms with E-state index in [4.69, 9.17) is 9.52 Å². The van der Waals surface area contributed by atoms with Gasteiger partial charge < -0.3 is 19.7 Å².